The highest BCUT2D eigenvalue weighted by Gasteiger charge is 2.45. The Kier molecular flexibility index (Phi) is 3.96. The van der Waals surface area contributed by atoms with Crippen molar-refractivity contribution >= 4 is 0 Å². The van der Waals surface area contributed by atoms with Gasteiger partial charge in [-0.05, 0) is 55.8 Å². The van der Waals surface area contributed by atoms with E-state index in [9.17, 15) is 4.39 Å². The van der Waals surface area contributed by atoms with Crippen LogP contribution in [0.15, 0.2) is 18.2 Å². The normalized spacial score (nSPS) is 35.3. The number of hydrogen-bond acceptors (Lipinski definition) is 2. The second-order valence-electron chi connectivity index (χ2n) is 7.14. The summed E-state index contributed by atoms with van der Waals surface area (Å²) < 4.78 is 20.0. The Morgan fingerprint density at radius 3 is 2.62 bits per heavy atom. The Morgan fingerprint density at radius 2 is 1.95 bits per heavy atom. The maximum Gasteiger partial charge on any atom is 0.125 e. The molecule has 3 unspecified atom stereocenters. The van der Waals surface area contributed by atoms with Crippen molar-refractivity contribution in [3.63, 3.8) is 0 Å². The Morgan fingerprint density at radius 1 is 1.24 bits per heavy atom. The second kappa shape index (κ2) is 5.60. The number of rotatable bonds is 2. The summed E-state index contributed by atoms with van der Waals surface area (Å²) in [5.74, 6) is 2.08. The Bertz CT molecular complexity index is 506. The van der Waals surface area contributed by atoms with Gasteiger partial charge in [-0.15, -0.1) is 0 Å². The maximum atomic E-state index is 13.6. The summed E-state index contributed by atoms with van der Waals surface area (Å²) in [6.07, 6.45) is 4.45. The molecular weight excluding hydrogens is 265 g/mol. The molecule has 2 aliphatic rings. The number of fused-ring (bicyclic) bond motifs is 1. The molecule has 3 heteroatoms. The summed E-state index contributed by atoms with van der Waals surface area (Å²) in [7, 11) is 0. The van der Waals surface area contributed by atoms with E-state index < -0.39 is 0 Å². The highest BCUT2D eigenvalue weighted by atomic mass is 19.1. The van der Waals surface area contributed by atoms with E-state index in [0.717, 1.165) is 37.1 Å². The molecule has 1 aliphatic heterocycles. The third-order valence-electron chi connectivity index (χ3n) is 4.95. The summed E-state index contributed by atoms with van der Waals surface area (Å²) in [6, 6.07) is 5.15. The molecule has 116 valence electrons. The molecule has 1 aliphatic carbocycles. The van der Waals surface area contributed by atoms with E-state index >= 15 is 0 Å². The van der Waals surface area contributed by atoms with Crippen LogP contribution in [-0.2, 0) is 0 Å². The van der Waals surface area contributed by atoms with E-state index in [0.29, 0.717) is 11.8 Å². The standard InChI is InChI=1S/C18H26FNO/c1-4-20-16-11-18(9-12(2)7-13(3)10-18)21-17-6-5-14(19)8-15(16)17/h5-6,8,12-13,16,20H,4,7,9-11H2,1-3H3. The Hall–Kier alpha value is -1.09. The minimum Gasteiger partial charge on any atom is -0.487 e. The fourth-order valence-corrected chi connectivity index (χ4v) is 4.53. The van der Waals surface area contributed by atoms with Crippen LogP contribution in [0.2, 0.25) is 0 Å². The van der Waals surface area contributed by atoms with E-state index in [1.807, 2.05) is 0 Å². The van der Waals surface area contributed by atoms with E-state index in [2.05, 4.69) is 26.1 Å². The van der Waals surface area contributed by atoms with Crippen molar-refractivity contribution in [1.29, 1.82) is 0 Å². The lowest BCUT2D eigenvalue weighted by molar-refractivity contribution is -0.0347. The first-order valence-electron chi connectivity index (χ1n) is 8.23. The molecule has 1 spiro atoms. The summed E-state index contributed by atoms with van der Waals surface area (Å²) in [6.45, 7) is 7.64. The average Bonchev–Trinajstić information content (AvgIpc) is 2.38. The number of ether oxygens (including phenoxy) is 1. The topological polar surface area (TPSA) is 21.3 Å². The van der Waals surface area contributed by atoms with Gasteiger partial charge in [-0.3, -0.25) is 0 Å². The number of halogens is 1. The average molecular weight is 291 g/mol. The summed E-state index contributed by atoms with van der Waals surface area (Å²) >= 11 is 0. The van der Waals surface area contributed by atoms with Crippen LogP contribution in [0, 0.1) is 17.7 Å². The van der Waals surface area contributed by atoms with Crippen molar-refractivity contribution in [3.05, 3.63) is 29.6 Å². The molecule has 3 atom stereocenters. The van der Waals surface area contributed by atoms with Gasteiger partial charge in [0.05, 0.1) is 0 Å². The molecule has 3 rings (SSSR count). The molecule has 0 amide bonds. The molecule has 0 bridgehead atoms. The van der Waals surface area contributed by atoms with E-state index in [-0.39, 0.29) is 17.5 Å². The first-order chi connectivity index (χ1) is 10.0. The molecular formula is C18H26FNO. The largest absolute Gasteiger partial charge is 0.487 e. The third kappa shape index (κ3) is 2.94. The van der Waals surface area contributed by atoms with Gasteiger partial charge in [-0.1, -0.05) is 20.8 Å². The highest BCUT2D eigenvalue weighted by molar-refractivity contribution is 5.39. The molecule has 1 heterocycles. The lowest BCUT2D eigenvalue weighted by Crippen LogP contribution is -2.48. The van der Waals surface area contributed by atoms with E-state index in [1.165, 1.54) is 12.5 Å². The van der Waals surface area contributed by atoms with Crippen LogP contribution in [0.3, 0.4) is 0 Å². The van der Waals surface area contributed by atoms with Crippen molar-refractivity contribution < 1.29 is 9.13 Å². The Labute approximate surface area is 127 Å². The number of nitrogens with one attached hydrogen (secondary N) is 1. The van der Waals surface area contributed by atoms with Crippen molar-refractivity contribution in [2.45, 2.75) is 58.1 Å². The van der Waals surface area contributed by atoms with Gasteiger partial charge >= 0.3 is 0 Å². The van der Waals surface area contributed by atoms with Crippen LogP contribution in [0.4, 0.5) is 4.39 Å². The van der Waals surface area contributed by atoms with E-state index in [1.54, 1.807) is 12.1 Å². The van der Waals surface area contributed by atoms with Crippen LogP contribution in [0.5, 0.6) is 5.75 Å². The van der Waals surface area contributed by atoms with Gasteiger partial charge in [0.15, 0.2) is 0 Å². The molecule has 0 aromatic heterocycles. The summed E-state index contributed by atoms with van der Waals surface area (Å²) in [5.41, 5.74) is 0.905. The first-order valence-corrected chi connectivity index (χ1v) is 8.23. The lowest BCUT2D eigenvalue weighted by atomic mass is 9.69. The third-order valence-corrected chi connectivity index (χ3v) is 4.95. The van der Waals surface area contributed by atoms with Crippen LogP contribution in [0.25, 0.3) is 0 Å². The van der Waals surface area contributed by atoms with Crippen molar-refractivity contribution in [3.8, 4) is 5.75 Å². The molecule has 1 aromatic carbocycles. The minimum atomic E-state index is -0.179. The Balaban J connectivity index is 1.95. The molecule has 0 radical (unpaired) electrons. The molecule has 0 saturated heterocycles. The highest BCUT2D eigenvalue weighted by Crippen LogP contribution is 2.48. The summed E-state index contributed by atoms with van der Waals surface area (Å²) in [5, 5.41) is 3.52. The van der Waals surface area contributed by atoms with E-state index in [4.69, 9.17) is 4.74 Å². The van der Waals surface area contributed by atoms with Gasteiger partial charge in [0, 0.05) is 18.0 Å². The smallest absolute Gasteiger partial charge is 0.125 e. The molecule has 1 saturated carbocycles. The quantitative estimate of drug-likeness (QED) is 0.869. The molecule has 21 heavy (non-hydrogen) atoms. The number of benzene rings is 1. The van der Waals surface area contributed by atoms with Crippen molar-refractivity contribution in [2.24, 2.45) is 11.8 Å². The van der Waals surface area contributed by atoms with Crippen LogP contribution < -0.4 is 10.1 Å². The van der Waals surface area contributed by atoms with Crippen LogP contribution >= 0.6 is 0 Å². The van der Waals surface area contributed by atoms with Gasteiger partial charge in [-0.25, -0.2) is 4.39 Å². The lowest BCUT2D eigenvalue weighted by Gasteiger charge is -2.48. The SMILES string of the molecule is CCNC1CC2(CC(C)CC(C)C2)Oc2ccc(F)cc21. The number of hydrogen-bond donors (Lipinski definition) is 1. The van der Waals surface area contributed by atoms with Crippen molar-refractivity contribution in [1.82, 2.24) is 5.32 Å². The van der Waals surface area contributed by atoms with Gasteiger partial charge in [-0.2, -0.15) is 0 Å². The van der Waals surface area contributed by atoms with Gasteiger partial charge in [0.1, 0.15) is 17.2 Å². The van der Waals surface area contributed by atoms with Gasteiger partial charge in [0.2, 0.25) is 0 Å². The van der Waals surface area contributed by atoms with Crippen molar-refractivity contribution in [2.75, 3.05) is 6.54 Å². The minimum absolute atomic E-state index is 0.0747. The fraction of sp³-hybridized carbons (Fsp3) is 0.667. The second-order valence-corrected chi connectivity index (χ2v) is 7.14. The van der Waals surface area contributed by atoms with Crippen LogP contribution in [-0.4, -0.2) is 12.1 Å². The zero-order valence-electron chi connectivity index (χ0n) is 13.3. The maximum absolute atomic E-state index is 13.6. The zero-order chi connectivity index (χ0) is 15.0. The monoisotopic (exact) mass is 291 g/mol. The fourth-order valence-electron chi connectivity index (χ4n) is 4.53. The predicted molar refractivity (Wildman–Crippen MR) is 83.0 cm³/mol. The molecule has 2 nitrogen and oxygen atoms in total. The molecule has 1 N–H and O–H groups in total. The van der Waals surface area contributed by atoms with Gasteiger partial charge < -0.3 is 10.1 Å². The van der Waals surface area contributed by atoms with Gasteiger partial charge in [0.25, 0.3) is 0 Å². The zero-order valence-corrected chi connectivity index (χ0v) is 13.3. The molecule has 1 fully saturated rings. The van der Waals surface area contributed by atoms with Crippen LogP contribution in [0.1, 0.15) is 58.1 Å². The first kappa shape index (κ1) is 14.8. The molecule has 1 aromatic rings. The summed E-state index contributed by atoms with van der Waals surface area (Å²) in [4.78, 5) is 0. The predicted octanol–water partition coefficient (Wildman–Crippen LogP) is 4.45.